The van der Waals surface area contributed by atoms with Gasteiger partial charge in [-0.3, -0.25) is 9.59 Å². The number of carbonyl (C=O) groups excluding carboxylic acids is 2. The molecular formula is C20H19N3O5. The smallest absolute Gasteiger partial charge is 0.336 e. The lowest BCUT2D eigenvalue weighted by molar-refractivity contribution is -0.123. The zero-order valence-corrected chi connectivity index (χ0v) is 15.0. The number of phenolic OH excluding ortho intramolecular Hbond substituents is 1. The lowest BCUT2D eigenvalue weighted by Gasteiger charge is -2.20. The van der Waals surface area contributed by atoms with Crippen LogP contribution in [0.5, 0.6) is 5.75 Å². The molecule has 8 nitrogen and oxygen atoms in total. The molecule has 2 unspecified atom stereocenters. The number of benzene rings is 2. The molecule has 0 bridgehead atoms. The molecule has 2 amide bonds. The summed E-state index contributed by atoms with van der Waals surface area (Å²) < 4.78 is 0. The summed E-state index contributed by atoms with van der Waals surface area (Å²) in [7, 11) is 0. The molecule has 2 rings (SSSR count). The molecule has 0 saturated carbocycles. The first kappa shape index (κ1) is 20.5. The van der Waals surface area contributed by atoms with Crippen molar-refractivity contribution in [3.8, 4) is 11.8 Å². The van der Waals surface area contributed by atoms with Crippen LogP contribution in [0.3, 0.4) is 0 Å². The van der Waals surface area contributed by atoms with Gasteiger partial charge in [0.05, 0.1) is 17.2 Å². The van der Waals surface area contributed by atoms with E-state index >= 15 is 0 Å². The van der Waals surface area contributed by atoms with Crippen LogP contribution in [-0.4, -0.2) is 40.1 Å². The van der Waals surface area contributed by atoms with E-state index < -0.39 is 29.9 Å². The molecule has 4 N–H and O–H groups in total. The Bertz CT molecular complexity index is 918. The molecule has 0 aliphatic carbocycles. The number of amides is 2. The minimum absolute atomic E-state index is 0.0577. The predicted octanol–water partition coefficient (Wildman–Crippen LogP) is 1.46. The van der Waals surface area contributed by atoms with E-state index in [0.717, 1.165) is 0 Å². The van der Waals surface area contributed by atoms with Gasteiger partial charge in [0.2, 0.25) is 5.91 Å². The van der Waals surface area contributed by atoms with Gasteiger partial charge in [-0.25, -0.2) is 4.79 Å². The Kier molecular flexibility index (Phi) is 6.71. The van der Waals surface area contributed by atoms with Gasteiger partial charge in [-0.15, -0.1) is 0 Å². The Balaban J connectivity index is 2.27. The maximum absolute atomic E-state index is 12.6. The molecule has 0 spiro atoms. The molecule has 0 fully saturated rings. The summed E-state index contributed by atoms with van der Waals surface area (Å²) in [5.74, 6) is -2.50. The summed E-state index contributed by atoms with van der Waals surface area (Å²) >= 11 is 0. The van der Waals surface area contributed by atoms with Crippen molar-refractivity contribution in [1.29, 1.82) is 5.26 Å². The highest BCUT2D eigenvalue weighted by Gasteiger charge is 2.25. The molecule has 0 aromatic heterocycles. The minimum Gasteiger partial charge on any atom is -0.508 e. The zero-order valence-electron chi connectivity index (χ0n) is 15.0. The highest BCUT2D eigenvalue weighted by molar-refractivity contribution is 6.06. The predicted molar refractivity (Wildman–Crippen MR) is 99.7 cm³/mol. The van der Waals surface area contributed by atoms with E-state index in [1.807, 2.05) is 6.07 Å². The Labute approximate surface area is 161 Å². The molecule has 0 radical (unpaired) electrons. The van der Waals surface area contributed by atoms with Gasteiger partial charge in [0.1, 0.15) is 17.8 Å². The number of carboxylic acid groups (broad SMARTS) is 1. The molecule has 2 atom stereocenters. The van der Waals surface area contributed by atoms with Crippen LogP contribution >= 0.6 is 0 Å². The quantitative estimate of drug-likeness (QED) is 0.572. The van der Waals surface area contributed by atoms with Crippen LogP contribution in [0, 0.1) is 11.3 Å². The van der Waals surface area contributed by atoms with E-state index in [1.165, 1.54) is 43.3 Å². The number of carboxylic acids is 1. The van der Waals surface area contributed by atoms with Crippen molar-refractivity contribution < 1.29 is 24.6 Å². The molecule has 8 heteroatoms. The van der Waals surface area contributed by atoms with Crippen LogP contribution in [0.25, 0.3) is 0 Å². The maximum Gasteiger partial charge on any atom is 0.336 e. The summed E-state index contributed by atoms with van der Waals surface area (Å²) in [4.78, 5) is 36.5. The second-order valence-corrected chi connectivity index (χ2v) is 6.11. The minimum atomic E-state index is -1.26. The average molecular weight is 381 g/mol. The lowest BCUT2D eigenvalue weighted by Crippen LogP contribution is -2.50. The third-order valence-corrected chi connectivity index (χ3v) is 3.95. The third-order valence-electron chi connectivity index (χ3n) is 3.95. The Morgan fingerprint density at radius 1 is 1.04 bits per heavy atom. The molecular weight excluding hydrogens is 362 g/mol. The monoisotopic (exact) mass is 381 g/mol. The van der Waals surface area contributed by atoms with Crippen LogP contribution in [0.2, 0.25) is 0 Å². The highest BCUT2D eigenvalue weighted by Crippen LogP contribution is 2.13. The number of nitrogens with zero attached hydrogens (tertiary/aromatic N) is 1. The van der Waals surface area contributed by atoms with Crippen LogP contribution in [0.4, 0.5) is 0 Å². The molecule has 144 valence electrons. The van der Waals surface area contributed by atoms with E-state index in [9.17, 15) is 24.6 Å². The van der Waals surface area contributed by atoms with E-state index in [0.29, 0.717) is 5.56 Å². The zero-order chi connectivity index (χ0) is 20.7. The number of rotatable bonds is 7. The number of hydrogen-bond donors (Lipinski definition) is 4. The fourth-order valence-corrected chi connectivity index (χ4v) is 2.53. The molecule has 0 heterocycles. The average Bonchev–Trinajstić information content (AvgIpc) is 2.68. The summed E-state index contributed by atoms with van der Waals surface area (Å²) in [6.07, 6.45) is 0.0885. The number of nitrogens with one attached hydrogen (secondary N) is 2. The highest BCUT2D eigenvalue weighted by atomic mass is 16.4. The number of aromatic hydroxyl groups is 1. The van der Waals surface area contributed by atoms with Gasteiger partial charge in [-0.1, -0.05) is 24.3 Å². The van der Waals surface area contributed by atoms with E-state index in [4.69, 9.17) is 5.26 Å². The van der Waals surface area contributed by atoms with Gasteiger partial charge in [0.25, 0.3) is 5.91 Å². The van der Waals surface area contributed by atoms with Crippen LogP contribution in [-0.2, 0) is 11.2 Å². The van der Waals surface area contributed by atoms with Crippen molar-refractivity contribution in [3.63, 3.8) is 0 Å². The largest absolute Gasteiger partial charge is 0.508 e. The van der Waals surface area contributed by atoms with E-state index in [2.05, 4.69) is 10.6 Å². The van der Waals surface area contributed by atoms with Crippen molar-refractivity contribution in [1.82, 2.24) is 10.6 Å². The molecule has 28 heavy (non-hydrogen) atoms. The summed E-state index contributed by atoms with van der Waals surface area (Å²) in [6.45, 7) is 1.50. The lowest BCUT2D eigenvalue weighted by atomic mass is 10.0. The van der Waals surface area contributed by atoms with Crippen LogP contribution in [0.15, 0.2) is 48.5 Å². The van der Waals surface area contributed by atoms with Crippen molar-refractivity contribution in [2.24, 2.45) is 0 Å². The van der Waals surface area contributed by atoms with Crippen molar-refractivity contribution in [2.75, 3.05) is 0 Å². The number of carbonyl (C=O) groups is 3. The first-order valence-electron chi connectivity index (χ1n) is 8.43. The summed E-state index contributed by atoms with van der Waals surface area (Å²) in [5, 5.41) is 32.5. The number of aromatic carboxylic acids is 1. The van der Waals surface area contributed by atoms with Crippen molar-refractivity contribution in [2.45, 2.75) is 25.4 Å². The van der Waals surface area contributed by atoms with Crippen molar-refractivity contribution in [3.05, 3.63) is 65.2 Å². The molecule has 2 aromatic carbocycles. The van der Waals surface area contributed by atoms with Gasteiger partial charge in [-0.2, -0.15) is 5.26 Å². The van der Waals surface area contributed by atoms with Crippen molar-refractivity contribution >= 4 is 17.8 Å². The van der Waals surface area contributed by atoms with Gasteiger partial charge in [-0.05, 0) is 36.8 Å². The van der Waals surface area contributed by atoms with E-state index in [1.54, 1.807) is 12.1 Å². The Hall–Kier alpha value is -3.86. The number of nitriles is 1. The third kappa shape index (κ3) is 5.32. The first-order valence-corrected chi connectivity index (χ1v) is 8.43. The van der Waals surface area contributed by atoms with Gasteiger partial charge in [0, 0.05) is 6.42 Å². The normalized spacial score (nSPS) is 12.3. The SMILES string of the molecule is CC(C#N)NC(=O)C(Cc1ccc(O)cc1)NC(=O)c1ccccc1C(=O)O. The van der Waals surface area contributed by atoms with E-state index in [-0.39, 0.29) is 23.3 Å². The number of phenols is 1. The van der Waals surface area contributed by atoms with Gasteiger partial charge < -0.3 is 20.8 Å². The van der Waals surface area contributed by atoms with Gasteiger partial charge in [0.15, 0.2) is 0 Å². The van der Waals surface area contributed by atoms with Crippen LogP contribution in [0.1, 0.15) is 33.2 Å². The fraction of sp³-hybridized carbons (Fsp3) is 0.200. The van der Waals surface area contributed by atoms with Gasteiger partial charge >= 0.3 is 5.97 Å². The molecule has 0 saturated heterocycles. The second-order valence-electron chi connectivity index (χ2n) is 6.11. The summed E-state index contributed by atoms with van der Waals surface area (Å²) in [5.41, 5.74) is 0.399. The second kappa shape index (κ2) is 9.19. The molecule has 0 aliphatic heterocycles. The summed E-state index contributed by atoms with van der Waals surface area (Å²) in [6, 6.07) is 11.8. The number of hydrogen-bond acceptors (Lipinski definition) is 5. The maximum atomic E-state index is 12.6. The molecule has 2 aromatic rings. The van der Waals surface area contributed by atoms with Crippen LogP contribution < -0.4 is 10.6 Å². The standard InChI is InChI=1S/C20H19N3O5/c1-12(11-21)22-19(26)17(10-13-6-8-14(24)9-7-13)23-18(25)15-4-2-3-5-16(15)20(27)28/h2-9,12,17,24H,10H2,1H3,(H,22,26)(H,23,25)(H,27,28). The topological polar surface area (TPSA) is 140 Å². The molecule has 0 aliphatic rings. The first-order chi connectivity index (χ1) is 13.3. The Morgan fingerprint density at radius 3 is 2.21 bits per heavy atom. The fourth-order valence-electron chi connectivity index (χ4n) is 2.53. The Morgan fingerprint density at radius 2 is 1.64 bits per heavy atom.